The molecule has 3 nitrogen and oxygen atoms in total. The Morgan fingerprint density at radius 3 is 2.79 bits per heavy atom. The van der Waals surface area contributed by atoms with Gasteiger partial charge in [0.2, 0.25) is 0 Å². The lowest BCUT2D eigenvalue weighted by Gasteiger charge is -2.05. The fourth-order valence-electron chi connectivity index (χ4n) is 1.59. The number of hydrogen-bond donors (Lipinski definition) is 1. The van der Waals surface area contributed by atoms with Crippen LogP contribution in [0.1, 0.15) is 18.9 Å². The van der Waals surface area contributed by atoms with Crippen LogP contribution in [-0.4, -0.2) is 22.8 Å². The van der Waals surface area contributed by atoms with Gasteiger partial charge in [-0.15, -0.1) is 10.2 Å². The molecule has 0 aliphatic heterocycles. The molecule has 2 rings (SSSR count). The van der Waals surface area contributed by atoms with Gasteiger partial charge in [-0.3, -0.25) is 0 Å². The Balaban J connectivity index is 2.10. The van der Waals surface area contributed by atoms with Gasteiger partial charge < -0.3 is 5.32 Å². The van der Waals surface area contributed by atoms with Gasteiger partial charge in [-0.1, -0.05) is 48.4 Å². The van der Waals surface area contributed by atoms with Gasteiger partial charge in [0.25, 0.3) is 0 Å². The van der Waals surface area contributed by atoms with Crippen LogP contribution in [0.5, 0.6) is 0 Å². The molecule has 0 saturated carbocycles. The first kappa shape index (κ1) is 14.7. The molecule has 0 spiro atoms. The highest BCUT2D eigenvalue weighted by molar-refractivity contribution is 7.14. The molecule has 0 unspecified atom stereocenters. The molecule has 0 radical (unpaired) electrons. The van der Waals surface area contributed by atoms with Crippen molar-refractivity contribution in [2.45, 2.75) is 26.3 Å². The summed E-state index contributed by atoms with van der Waals surface area (Å²) in [7, 11) is 0. The molecule has 1 aromatic carbocycles. The number of benzene rings is 1. The van der Waals surface area contributed by atoms with Gasteiger partial charge in [-0.05, 0) is 18.2 Å². The molecule has 0 aliphatic rings. The van der Waals surface area contributed by atoms with Crippen molar-refractivity contribution >= 4 is 34.5 Å². The molecule has 102 valence electrons. The Morgan fingerprint density at radius 2 is 2.05 bits per heavy atom. The van der Waals surface area contributed by atoms with Gasteiger partial charge in [0.1, 0.15) is 10.0 Å². The van der Waals surface area contributed by atoms with E-state index in [0.29, 0.717) is 16.1 Å². The average molecular weight is 316 g/mol. The highest BCUT2D eigenvalue weighted by Gasteiger charge is 2.10. The average Bonchev–Trinajstić information content (AvgIpc) is 2.80. The molecule has 1 aromatic heterocycles. The lowest BCUT2D eigenvalue weighted by atomic mass is 10.2. The molecular formula is C13H15Cl2N3S. The standard InChI is InChI=1S/C13H15Cl2N3S/c1-8(2)16-6-5-12-17-18-13(19-12)10-7-9(14)3-4-11(10)15/h3-4,7-8,16H,5-6H2,1-2H3. The summed E-state index contributed by atoms with van der Waals surface area (Å²) in [5.74, 6) is 0. The largest absolute Gasteiger partial charge is 0.314 e. The molecule has 0 aliphatic carbocycles. The summed E-state index contributed by atoms with van der Waals surface area (Å²) in [6, 6.07) is 5.85. The number of nitrogens with one attached hydrogen (secondary N) is 1. The molecule has 2 aromatic rings. The molecule has 1 N–H and O–H groups in total. The second-order valence-electron chi connectivity index (χ2n) is 4.48. The van der Waals surface area contributed by atoms with Crippen LogP contribution in [0.3, 0.4) is 0 Å². The van der Waals surface area contributed by atoms with Crippen LogP contribution in [-0.2, 0) is 6.42 Å². The van der Waals surface area contributed by atoms with Crippen molar-refractivity contribution in [1.82, 2.24) is 15.5 Å². The summed E-state index contributed by atoms with van der Waals surface area (Å²) in [4.78, 5) is 0. The third-order valence-corrected chi connectivity index (χ3v) is 4.10. The quantitative estimate of drug-likeness (QED) is 0.904. The van der Waals surface area contributed by atoms with E-state index in [1.165, 1.54) is 0 Å². The summed E-state index contributed by atoms with van der Waals surface area (Å²) in [5, 5.41) is 14.8. The van der Waals surface area contributed by atoms with Crippen LogP contribution >= 0.6 is 34.5 Å². The van der Waals surface area contributed by atoms with E-state index in [9.17, 15) is 0 Å². The summed E-state index contributed by atoms with van der Waals surface area (Å²) in [6.45, 7) is 5.14. The van der Waals surface area contributed by atoms with E-state index in [2.05, 4.69) is 29.4 Å². The van der Waals surface area contributed by atoms with Crippen molar-refractivity contribution in [2.75, 3.05) is 6.54 Å². The van der Waals surface area contributed by atoms with Crippen molar-refractivity contribution in [3.8, 4) is 10.6 Å². The van der Waals surface area contributed by atoms with Crippen molar-refractivity contribution < 1.29 is 0 Å². The number of nitrogens with zero attached hydrogens (tertiary/aromatic N) is 2. The highest BCUT2D eigenvalue weighted by atomic mass is 35.5. The van der Waals surface area contributed by atoms with Crippen LogP contribution in [0.4, 0.5) is 0 Å². The zero-order valence-electron chi connectivity index (χ0n) is 10.8. The van der Waals surface area contributed by atoms with E-state index >= 15 is 0 Å². The molecule has 0 saturated heterocycles. The topological polar surface area (TPSA) is 37.8 Å². The first-order valence-corrected chi connectivity index (χ1v) is 7.64. The predicted molar refractivity (Wildman–Crippen MR) is 82.2 cm³/mol. The first-order valence-electron chi connectivity index (χ1n) is 6.07. The summed E-state index contributed by atoms with van der Waals surface area (Å²) in [5.41, 5.74) is 0.842. The van der Waals surface area contributed by atoms with Gasteiger partial charge in [0, 0.05) is 29.6 Å². The number of halogens is 2. The van der Waals surface area contributed by atoms with Crippen LogP contribution in [0, 0.1) is 0 Å². The molecular weight excluding hydrogens is 301 g/mol. The van der Waals surface area contributed by atoms with E-state index in [-0.39, 0.29) is 0 Å². The molecule has 1 heterocycles. The minimum atomic E-state index is 0.481. The van der Waals surface area contributed by atoms with Gasteiger partial charge in [0.15, 0.2) is 0 Å². The highest BCUT2D eigenvalue weighted by Crippen LogP contribution is 2.32. The third kappa shape index (κ3) is 4.14. The number of hydrogen-bond acceptors (Lipinski definition) is 4. The van der Waals surface area contributed by atoms with Crippen molar-refractivity contribution in [1.29, 1.82) is 0 Å². The van der Waals surface area contributed by atoms with Crippen LogP contribution in [0.2, 0.25) is 10.0 Å². The Morgan fingerprint density at radius 1 is 1.26 bits per heavy atom. The van der Waals surface area contributed by atoms with E-state index in [0.717, 1.165) is 28.5 Å². The fraction of sp³-hybridized carbons (Fsp3) is 0.385. The maximum Gasteiger partial charge on any atom is 0.149 e. The Hall–Kier alpha value is -0.680. The Bertz CT molecular complexity index is 555. The second-order valence-corrected chi connectivity index (χ2v) is 6.39. The van der Waals surface area contributed by atoms with E-state index in [1.54, 1.807) is 23.5 Å². The molecule has 6 heteroatoms. The maximum absolute atomic E-state index is 6.15. The van der Waals surface area contributed by atoms with Crippen LogP contribution in [0.25, 0.3) is 10.6 Å². The smallest absolute Gasteiger partial charge is 0.149 e. The predicted octanol–water partition coefficient (Wildman–Crippen LogP) is 4.05. The summed E-state index contributed by atoms with van der Waals surface area (Å²) in [6.07, 6.45) is 0.869. The molecule has 0 fully saturated rings. The minimum Gasteiger partial charge on any atom is -0.314 e. The van der Waals surface area contributed by atoms with E-state index < -0.39 is 0 Å². The zero-order chi connectivity index (χ0) is 13.8. The van der Waals surface area contributed by atoms with Crippen LogP contribution < -0.4 is 5.32 Å². The SMILES string of the molecule is CC(C)NCCc1nnc(-c2cc(Cl)ccc2Cl)s1. The van der Waals surface area contributed by atoms with E-state index in [4.69, 9.17) is 23.2 Å². The van der Waals surface area contributed by atoms with Crippen LogP contribution in [0.15, 0.2) is 18.2 Å². The summed E-state index contributed by atoms with van der Waals surface area (Å²) < 4.78 is 0. The first-order chi connectivity index (χ1) is 9.06. The van der Waals surface area contributed by atoms with Gasteiger partial charge in [-0.2, -0.15) is 0 Å². The third-order valence-electron chi connectivity index (χ3n) is 2.52. The molecule has 19 heavy (non-hydrogen) atoms. The van der Waals surface area contributed by atoms with Gasteiger partial charge in [-0.25, -0.2) is 0 Å². The normalized spacial score (nSPS) is 11.2. The molecule has 0 bridgehead atoms. The summed E-state index contributed by atoms with van der Waals surface area (Å²) >= 11 is 13.7. The lowest BCUT2D eigenvalue weighted by molar-refractivity contribution is 0.588. The molecule has 0 atom stereocenters. The van der Waals surface area contributed by atoms with Crippen molar-refractivity contribution in [3.63, 3.8) is 0 Å². The molecule has 0 amide bonds. The second kappa shape index (κ2) is 6.66. The Labute approximate surface area is 127 Å². The fourth-order valence-corrected chi connectivity index (χ4v) is 2.90. The monoisotopic (exact) mass is 315 g/mol. The number of rotatable bonds is 5. The minimum absolute atomic E-state index is 0.481. The maximum atomic E-state index is 6.15. The zero-order valence-corrected chi connectivity index (χ0v) is 13.1. The van der Waals surface area contributed by atoms with Crippen molar-refractivity contribution in [2.24, 2.45) is 0 Å². The Kier molecular flexibility index (Phi) is 5.16. The van der Waals surface area contributed by atoms with Crippen molar-refractivity contribution in [3.05, 3.63) is 33.3 Å². The number of aromatic nitrogens is 2. The lowest BCUT2D eigenvalue weighted by Crippen LogP contribution is -2.24. The van der Waals surface area contributed by atoms with Gasteiger partial charge in [0.05, 0.1) is 5.02 Å². The van der Waals surface area contributed by atoms with E-state index in [1.807, 2.05) is 6.07 Å². The van der Waals surface area contributed by atoms with Gasteiger partial charge >= 0.3 is 0 Å².